The Labute approximate surface area is 205 Å². The minimum atomic E-state index is -0.844. The smallest absolute Gasteiger partial charge is 0.254 e. The summed E-state index contributed by atoms with van der Waals surface area (Å²) in [5.74, 6) is -0.515. The fraction of sp³-hybridized carbons (Fsp3) is 0.609. The van der Waals surface area contributed by atoms with Crippen molar-refractivity contribution in [1.82, 2.24) is 26.0 Å². The van der Waals surface area contributed by atoms with Gasteiger partial charge in [-0.25, -0.2) is 5.43 Å². The summed E-state index contributed by atoms with van der Waals surface area (Å²) in [4.78, 5) is 41.6. The predicted molar refractivity (Wildman–Crippen MR) is 135 cm³/mol. The second kappa shape index (κ2) is 12.9. The maximum absolute atomic E-state index is 12.9. The van der Waals surface area contributed by atoms with Gasteiger partial charge >= 0.3 is 0 Å². The summed E-state index contributed by atoms with van der Waals surface area (Å²) in [7, 11) is 1.59. The molecular weight excluding hydrogens is 454 g/mol. The normalized spacial score (nSPS) is 21.5. The Morgan fingerprint density at radius 1 is 1.26 bits per heavy atom. The van der Waals surface area contributed by atoms with Crippen LogP contribution in [0.4, 0.5) is 5.69 Å². The van der Waals surface area contributed by atoms with Crippen LogP contribution < -0.4 is 27.2 Å². The molecule has 0 spiro atoms. The zero-order chi connectivity index (χ0) is 24.5. The van der Waals surface area contributed by atoms with Gasteiger partial charge in [0.15, 0.2) is 0 Å². The minimum absolute atomic E-state index is 0.0513. The number of nitrogens with zero attached hydrogens (tertiary/aromatic N) is 2. The quantitative estimate of drug-likeness (QED) is 0.207. The molecule has 6 N–H and O–H groups in total. The molecule has 3 rings (SSSR count). The van der Waals surface area contributed by atoms with Crippen molar-refractivity contribution in [2.24, 2.45) is 5.73 Å². The topological polar surface area (TPSA) is 132 Å². The third-order valence-electron chi connectivity index (χ3n) is 6.12. The maximum atomic E-state index is 12.9. The molecule has 0 aliphatic carbocycles. The molecular formula is C23H37N7O3S. The van der Waals surface area contributed by atoms with Crippen molar-refractivity contribution in [3.05, 3.63) is 29.8 Å². The van der Waals surface area contributed by atoms with E-state index in [9.17, 15) is 14.4 Å². The lowest BCUT2D eigenvalue weighted by atomic mass is 10.2. The zero-order valence-electron chi connectivity index (χ0n) is 20.0. The summed E-state index contributed by atoms with van der Waals surface area (Å²) in [5.41, 5.74) is 12.5. The largest absolute Gasteiger partial charge is 0.383 e. The first-order chi connectivity index (χ1) is 16.4. The Morgan fingerprint density at radius 3 is 2.74 bits per heavy atom. The Balaban J connectivity index is 1.49. The van der Waals surface area contributed by atoms with Crippen molar-refractivity contribution in [2.75, 3.05) is 51.6 Å². The summed E-state index contributed by atoms with van der Waals surface area (Å²) in [6.07, 6.45) is 3.48. The molecule has 34 heavy (non-hydrogen) atoms. The number of carbonyl (C=O) groups excluding carboxylic acids is 3. The van der Waals surface area contributed by atoms with Gasteiger partial charge in [0.2, 0.25) is 5.91 Å². The van der Waals surface area contributed by atoms with Crippen molar-refractivity contribution in [3.8, 4) is 0 Å². The van der Waals surface area contributed by atoms with Crippen molar-refractivity contribution < 1.29 is 14.4 Å². The molecule has 1 unspecified atom stereocenters. The standard InChI is InChI=1S/C23H37N7O3S/c1-3-30-22(33)18(34-23(30)19(24)21(32)28-25-2)15-27-17-9-6-8-16(14-17)20(31)26-10-7-13-29-11-4-5-12-29/h6,8-9,14,18-19,23,25,27H,3-5,7,10-13,15,24H2,1-2H3,(H,26,31)(H,28,32)/t18-,19-,23?/m1/s1. The second-order valence-corrected chi connectivity index (χ2v) is 9.85. The van der Waals surface area contributed by atoms with Gasteiger partial charge in [-0.05, 0) is 64.0 Å². The molecule has 3 amide bonds. The first kappa shape index (κ1) is 26.3. The monoisotopic (exact) mass is 491 g/mol. The lowest BCUT2D eigenvalue weighted by Crippen LogP contribution is -2.54. The summed E-state index contributed by atoms with van der Waals surface area (Å²) in [5, 5.41) is 5.45. The molecule has 2 saturated heterocycles. The van der Waals surface area contributed by atoms with Gasteiger partial charge in [0.1, 0.15) is 16.7 Å². The Morgan fingerprint density at radius 2 is 2.03 bits per heavy atom. The van der Waals surface area contributed by atoms with Gasteiger partial charge in [-0.3, -0.25) is 19.8 Å². The molecule has 0 radical (unpaired) electrons. The zero-order valence-corrected chi connectivity index (χ0v) is 20.8. The highest BCUT2D eigenvalue weighted by atomic mass is 32.2. The number of thioether (sulfide) groups is 1. The van der Waals surface area contributed by atoms with Gasteiger partial charge in [-0.2, -0.15) is 0 Å². The van der Waals surface area contributed by atoms with E-state index in [-0.39, 0.29) is 23.0 Å². The van der Waals surface area contributed by atoms with Crippen molar-refractivity contribution in [2.45, 2.75) is 42.9 Å². The average Bonchev–Trinajstić information content (AvgIpc) is 3.47. The fourth-order valence-electron chi connectivity index (χ4n) is 4.29. The van der Waals surface area contributed by atoms with E-state index in [4.69, 9.17) is 5.73 Å². The van der Waals surface area contributed by atoms with Gasteiger partial charge in [-0.1, -0.05) is 6.07 Å². The molecule has 0 saturated carbocycles. The number of rotatable bonds is 12. The summed E-state index contributed by atoms with van der Waals surface area (Å²) >= 11 is 1.38. The highest BCUT2D eigenvalue weighted by Crippen LogP contribution is 2.33. The van der Waals surface area contributed by atoms with E-state index in [1.165, 1.54) is 24.6 Å². The Hall–Kier alpha value is -2.34. The third-order valence-corrected chi connectivity index (χ3v) is 7.64. The van der Waals surface area contributed by atoms with Gasteiger partial charge < -0.3 is 26.2 Å². The van der Waals surface area contributed by atoms with Crippen LogP contribution in [-0.4, -0.2) is 90.5 Å². The number of likely N-dealkylation sites (tertiary alicyclic amines) is 1. The maximum Gasteiger partial charge on any atom is 0.254 e. The van der Waals surface area contributed by atoms with Crippen LogP contribution in [0.1, 0.15) is 36.5 Å². The molecule has 0 aromatic heterocycles. The van der Waals surface area contributed by atoms with Crippen LogP contribution >= 0.6 is 11.8 Å². The van der Waals surface area contributed by atoms with Crippen LogP contribution in [0.15, 0.2) is 24.3 Å². The number of likely N-dealkylation sites (N-methyl/N-ethyl adjacent to an activating group) is 1. The first-order valence-corrected chi connectivity index (χ1v) is 12.9. The molecule has 1 aromatic rings. The minimum Gasteiger partial charge on any atom is -0.383 e. The average molecular weight is 492 g/mol. The molecule has 2 fully saturated rings. The third kappa shape index (κ3) is 6.84. The molecule has 2 aliphatic rings. The number of benzene rings is 1. The van der Waals surface area contributed by atoms with Crippen LogP contribution in [0, 0.1) is 0 Å². The van der Waals surface area contributed by atoms with Crippen LogP contribution in [-0.2, 0) is 9.59 Å². The van der Waals surface area contributed by atoms with Gasteiger partial charge in [0, 0.05) is 37.9 Å². The number of hydrogen-bond acceptors (Lipinski definition) is 8. The fourth-order valence-corrected chi connectivity index (χ4v) is 5.75. The van der Waals surface area contributed by atoms with Crippen molar-refractivity contribution >= 4 is 35.2 Å². The van der Waals surface area contributed by atoms with E-state index in [1.54, 1.807) is 24.1 Å². The molecule has 11 heteroatoms. The van der Waals surface area contributed by atoms with E-state index in [2.05, 4.69) is 26.4 Å². The molecule has 1 aromatic carbocycles. The SMILES string of the molecule is CCN1C(=O)[C@@H](CNc2cccc(C(=O)NCCCN3CCCC3)c2)SC1[C@H](N)C(=O)NNC. The van der Waals surface area contributed by atoms with E-state index in [0.29, 0.717) is 25.2 Å². The van der Waals surface area contributed by atoms with E-state index in [1.807, 2.05) is 19.1 Å². The number of nitrogens with one attached hydrogen (secondary N) is 4. The molecule has 3 atom stereocenters. The summed E-state index contributed by atoms with van der Waals surface area (Å²) in [6, 6.07) is 6.43. The number of hydrazine groups is 1. The summed E-state index contributed by atoms with van der Waals surface area (Å²) < 4.78 is 0. The molecule has 188 valence electrons. The Bertz CT molecular complexity index is 850. The number of carbonyl (C=O) groups is 3. The number of nitrogens with two attached hydrogens (primary N) is 1. The molecule has 0 bridgehead atoms. The lowest BCUT2D eigenvalue weighted by Gasteiger charge is -2.26. The highest BCUT2D eigenvalue weighted by molar-refractivity contribution is 8.01. The highest BCUT2D eigenvalue weighted by Gasteiger charge is 2.44. The summed E-state index contributed by atoms with van der Waals surface area (Å²) in [6.45, 7) is 6.71. The van der Waals surface area contributed by atoms with Crippen LogP contribution in [0.3, 0.4) is 0 Å². The second-order valence-electron chi connectivity index (χ2n) is 8.52. The molecule has 10 nitrogen and oxygen atoms in total. The van der Waals surface area contributed by atoms with Crippen molar-refractivity contribution in [1.29, 1.82) is 0 Å². The first-order valence-electron chi connectivity index (χ1n) is 12.0. The van der Waals surface area contributed by atoms with E-state index >= 15 is 0 Å². The van der Waals surface area contributed by atoms with Crippen LogP contribution in [0.2, 0.25) is 0 Å². The predicted octanol–water partition coefficient (Wildman–Crippen LogP) is 0.182. The van der Waals surface area contributed by atoms with Gasteiger partial charge in [-0.15, -0.1) is 11.8 Å². The Kier molecular flexibility index (Phi) is 10.00. The van der Waals surface area contributed by atoms with Crippen LogP contribution in [0.5, 0.6) is 0 Å². The van der Waals surface area contributed by atoms with E-state index < -0.39 is 11.4 Å². The number of amides is 3. The van der Waals surface area contributed by atoms with Crippen molar-refractivity contribution in [3.63, 3.8) is 0 Å². The van der Waals surface area contributed by atoms with Crippen LogP contribution in [0.25, 0.3) is 0 Å². The molecule has 2 heterocycles. The van der Waals surface area contributed by atoms with Gasteiger partial charge in [0.05, 0.1) is 0 Å². The van der Waals surface area contributed by atoms with Gasteiger partial charge in [0.25, 0.3) is 11.8 Å². The lowest BCUT2D eigenvalue weighted by molar-refractivity contribution is -0.131. The number of anilines is 1. The van der Waals surface area contributed by atoms with E-state index in [0.717, 1.165) is 31.7 Å². The molecule has 2 aliphatic heterocycles. The number of hydrogen-bond donors (Lipinski definition) is 5.